The first-order valence-corrected chi connectivity index (χ1v) is 17.2. The second-order valence-electron chi connectivity index (χ2n) is 13.5. The van der Waals surface area contributed by atoms with Crippen molar-refractivity contribution in [2.24, 2.45) is 0 Å². The number of rotatable bonds is 7. The van der Waals surface area contributed by atoms with Gasteiger partial charge in [0, 0.05) is 81.5 Å². The van der Waals surface area contributed by atoms with Gasteiger partial charge in [-0.1, -0.05) is 0 Å². The van der Waals surface area contributed by atoms with Gasteiger partial charge in [0.05, 0.1) is 42.0 Å². The maximum absolute atomic E-state index is 16.9. The van der Waals surface area contributed by atoms with E-state index in [4.69, 9.17) is 19.2 Å². The Kier molecular flexibility index (Phi) is 9.09. The molecule has 6 heterocycles. The summed E-state index contributed by atoms with van der Waals surface area (Å²) in [4.78, 5) is 33.4. The summed E-state index contributed by atoms with van der Waals surface area (Å²) in [5, 5.41) is 13.5. The van der Waals surface area contributed by atoms with Gasteiger partial charge < -0.3 is 19.1 Å². The minimum Gasteiger partial charge on any atom is -0.444 e. The lowest BCUT2D eigenvalue weighted by molar-refractivity contribution is 0.0636. The van der Waals surface area contributed by atoms with Gasteiger partial charge in [0.2, 0.25) is 5.95 Å². The van der Waals surface area contributed by atoms with E-state index < -0.39 is 23.3 Å². The van der Waals surface area contributed by atoms with Crippen LogP contribution in [-0.2, 0) is 27.4 Å². The topological polar surface area (TPSA) is 129 Å². The zero-order valence-electron chi connectivity index (χ0n) is 27.9. The molecule has 2 fully saturated rings. The Morgan fingerprint density at radius 3 is 2.65 bits per heavy atom. The molecule has 15 heteroatoms. The number of halogens is 2. The molecule has 0 bridgehead atoms. The summed E-state index contributed by atoms with van der Waals surface area (Å²) in [5.41, 5.74) is 0.724. The van der Waals surface area contributed by atoms with E-state index in [0.29, 0.717) is 22.9 Å². The molecule has 0 radical (unpaired) electrons. The van der Waals surface area contributed by atoms with Crippen LogP contribution in [-0.4, -0.2) is 102 Å². The highest BCUT2D eigenvalue weighted by molar-refractivity contribution is 7.23. The average molecular weight is 693 g/mol. The zero-order chi connectivity index (χ0) is 34.4. The Bertz CT molecular complexity index is 1970. The smallest absolute Gasteiger partial charge is 0.412 e. The largest absolute Gasteiger partial charge is 0.444 e. The van der Waals surface area contributed by atoms with Crippen molar-refractivity contribution in [2.75, 3.05) is 69.7 Å². The van der Waals surface area contributed by atoms with Crippen LogP contribution in [0, 0.1) is 23.0 Å². The number of nitrogens with zero attached hydrogens (tertiary/aromatic N) is 7. The Balaban J connectivity index is 1.24. The summed E-state index contributed by atoms with van der Waals surface area (Å²) in [6.07, 6.45) is 2.82. The van der Waals surface area contributed by atoms with E-state index in [-0.39, 0.29) is 50.6 Å². The fourth-order valence-corrected chi connectivity index (χ4v) is 7.99. The molecule has 12 nitrogen and oxygen atoms in total. The highest BCUT2D eigenvalue weighted by Crippen LogP contribution is 2.46. The minimum absolute atomic E-state index is 0.0361. The van der Waals surface area contributed by atoms with Gasteiger partial charge in [-0.2, -0.15) is 5.26 Å². The van der Waals surface area contributed by atoms with Gasteiger partial charge in [-0.25, -0.2) is 23.5 Å². The molecule has 1 aromatic carbocycles. The lowest BCUT2D eigenvalue weighted by atomic mass is 9.94. The first-order chi connectivity index (χ1) is 23.6. The summed E-state index contributed by atoms with van der Waals surface area (Å²) >= 11 is 0.868. The van der Waals surface area contributed by atoms with Gasteiger partial charge in [-0.05, 0) is 38.3 Å². The number of ether oxygens (including phenoxy) is 3. The molecule has 49 heavy (non-hydrogen) atoms. The number of aromatic nitrogens is 3. The van der Waals surface area contributed by atoms with E-state index in [1.807, 2.05) is 0 Å². The molecular weight excluding hydrogens is 654 g/mol. The van der Waals surface area contributed by atoms with Crippen LogP contribution in [0.5, 0.6) is 0 Å². The van der Waals surface area contributed by atoms with Crippen LogP contribution >= 0.6 is 11.3 Å². The predicted octanol–water partition coefficient (Wildman–Crippen LogP) is 5.28. The van der Waals surface area contributed by atoms with E-state index in [0.717, 1.165) is 81.9 Å². The molecule has 2 saturated heterocycles. The molecule has 1 atom stereocenters. The summed E-state index contributed by atoms with van der Waals surface area (Å²) in [7, 11) is 1.72. The fourth-order valence-electron chi connectivity index (χ4n) is 6.95. The molecule has 3 aliphatic rings. The maximum Gasteiger partial charge on any atom is 0.412 e. The number of pyridine rings is 1. The normalized spacial score (nSPS) is 18.7. The maximum atomic E-state index is 16.9. The summed E-state index contributed by atoms with van der Waals surface area (Å²) in [6, 6.07) is 2.42. The third-order valence-electron chi connectivity index (χ3n) is 9.30. The number of piperazine rings is 1. The average Bonchev–Trinajstić information content (AvgIpc) is 3.83. The standard InChI is InChI=1S/C34H38F2N8O4S/c1-34(2,3)48-33(45)41-31-20(13-37)26-29(38-15-24(35)30(26)49-31)25-23-18-47-17-22(23)21-14-39-32(40-28(21)27(25)36)44-6-5-19(16-44)43-9-7-42(8-10-43)11-12-46-4/h14-15,19H,5-12,16-18H2,1-4H3,(H,41,45)/t19-/m1/s1. The molecule has 4 aromatic rings. The minimum atomic E-state index is -0.797. The first kappa shape index (κ1) is 33.4. The Hall–Kier alpha value is -4.07. The first-order valence-electron chi connectivity index (χ1n) is 16.4. The van der Waals surface area contributed by atoms with Gasteiger partial charge >= 0.3 is 6.09 Å². The van der Waals surface area contributed by atoms with Gasteiger partial charge in [0.15, 0.2) is 11.6 Å². The van der Waals surface area contributed by atoms with Crippen LogP contribution in [0.25, 0.3) is 32.2 Å². The molecule has 0 saturated carbocycles. The Morgan fingerprint density at radius 2 is 1.92 bits per heavy atom. The fraction of sp³-hybridized carbons (Fsp3) is 0.500. The van der Waals surface area contributed by atoms with Crippen LogP contribution in [0.3, 0.4) is 0 Å². The molecule has 0 spiro atoms. The van der Waals surface area contributed by atoms with Gasteiger partial charge in [-0.3, -0.25) is 20.1 Å². The van der Waals surface area contributed by atoms with Crippen molar-refractivity contribution in [1.29, 1.82) is 5.26 Å². The van der Waals surface area contributed by atoms with E-state index in [1.165, 1.54) is 0 Å². The van der Waals surface area contributed by atoms with Crippen LogP contribution in [0.1, 0.15) is 43.9 Å². The number of hydrogen-bond donors (Lipinski definition) is 1. The number of carbonyl (C=O) groups is 1. The van der Waals surface area contributed by atoms with Crippen molar-refractivity contribution in [3.63, 3.8) is 0 Å². The number of fused-ring (bicyclic) bond motifs is 4. The van der Waals surface area contributed by atoms with E-state index in [9.17, 15) is 10.1 Å². The summed E-state index contributed by atoms with van der Waals surface area (Å²) in [5.74, 6) is -0.911. The number of nitrogens with one attached hydrogen (secondary N) is 1. The van der Waals surface area contributed by atoms with Gasteiger partial charge in [-0.15, -0.1) is 11.3 Å². The van der Waals surface area contributed by atoms with Crippen molar-refractivity contribution in [3.8, 4) is 17.3 Å². The van der Waals surface area contributed by atoms with E-state index in [2.05, 4.69) is 36.1 Å². The third-order valence-corrected chi connectivity index (χ3v) is 10.4. The number of carbonyl (C=O) groups excluding carboxylic acids is 1. The van der Waals surface area contributed by atoms with Crippen molar-refractivity contribution in [1.82, 2.24) is 24.8 Å². The molecule has 0 unspecified atom stereocenters. The predicted molar refractivity (Wildman–Crippen MR) is 182 cm³/mol. The number of methoxy groups -OCH3 is 1. The van der Waals surface area contributed by atoms with Crippen LogP contribution < -0.4 is 10.2 Å². The summed E-state index contributed by atoms with van der Waals surface area (Å²) < 4.78 is 48.6. The van der Waals surface area contributed by atoms with Crippen LogP contribution in [0.4, 0.5) is 24.5 Å². The van der Waals surface area contributed by atoms with Crippen molar-refractivity contribution < 1.29 is 27.8 Å². The molecule has 258 valence electrons. The molecule has 0 aliphatic carbocycles. The Labute approximate surface area is 286 Å². The highest BCUT2D eigenvalue weighted by Gasteiger charge is 2.34. The number of nitriles is 1. The van der Waals surface area contributed by atoms with Gasteiger partial charge in [0.1, 0.15) is 22.2 Å². The third kappa shape index (κ3) is 6.39. The number of benzene rings is 1. The van der Waals surface area contributed by atoms with Gasteiger partial charge in [0.25, 0.3) is 0 Å². The van der Waals surface area contributed by atoms with Crippen molar-refractivity contribution in [3.05, 3.63) is 40.7 Å². The summed E-state index contributed by atoms with van der Waals surface area (Å²) in [6.45, 7) is 12.5. The van der Waals surface area contributed by atoms with Crippen molar-refractivity contribution >= 4 is 49.4 Å². The van der Waals surface area contributed by atoms with Crippen molar-refractivity contribution in [2.45, 2.75) is 52.0 Å². The highest BCUT2D eigenvalue weighted by atomic mass is 32.1. The molecule has 1 amide bonds. The second-order valence-corrected chi connectivity index (χ2v) is 14.6. The molecule has 1 N–H and O–H groups in total. The monoisotopic (exact) mass is 692 g/mol. The zero-order valence-corrected chi connectivity index (χ0v) is 28.8. The molecule has 3 aliphatic heterocycles. The van der Waals surface area contributed by atoms with E-state index in [1.54, 1.807) is 34.1 Å². The Morgan fingerprint density at radius 1 is 1.14 bits per heavy atom. The number of hydrogen-bond acceptors (Lipinski definition) is 12. The van der Waals surface area contributed by atoms with Crippen LogP contribution in [0.2, 0.25) is 0 Å². The molecular formula is C34H38F2N8O4S. The second kappa shape index (κ2) is 13.3. The number of anilines is 2. The SMILES string of the molecule is COCCN1CCN([C@@H]2CCN(c3ncc4c5c(c(-c6ncc(F)c7sc(NC(=O)OC(C)(C)C)c(C#N)c67)c(F)c4n3)COC5)C2)CC1. The lowest BCUT2D eigenvalue weighted by Crippen LogP contribution is -2.51. The lowest BCUT2D eigenvalue weighted by Gasteiger charge is -2.37. The number of thiophene rings is 1. The van der Waals surface area contributed by atoms with Crippen LogP contribution in [0.15, 0.2) is 12.4 Å². The molecule has 7 rings (SSSR count). The number of amides is 1. The molecule has 3 aromatic heterocycles. The van der Waals surface area contributed by atoms with E-state index >= 15 is 8.78 Å². The quantitative estimate of drug-likeness (QED) is 0.272.